The number of anilines is 1. The van der Waals surface area contributed by atoms with Gasteiger partial charge in [-0.15, -0.1) is 0 Å². The maximum Gasteiger partial charge on any atom is 0.416 e. The Morgan fingerprint density at radius 1 is 1.07 bits per heavy atom. The van der Waals surface area contributed by atoms with Crippen LogP contribution in [0.2, 0.25) is 5.02 Å². The van der Waals surface area contributed by atoms with Gasteiger partial charge in [0.15, 0.2) is 0 Å². The SMILES string of the molecule is CC[C@@H]1C[C@H](N(Cc2cc(Cl)cc(C(F)(F)F)c2)c2ncc(C)cn2)C[C@H](Cc2ccccc2)N1C(=O)OC(C)C. The number of alkyl halides is 3. The molecule has 1 aliphatic rings. The molecular formula is C31H36ClF3N4O2. The van der Waals surface area contributed by atoms with Crippen molar-refractivity contribution in [2.45, 2.75) is 90.3 Å². The smallest absolute Gasteiger partial charge is 0.416 e. The monoisotopic (exact) mass is 588 g/mol. The van der Waals surface area contributed by atoms with Gasteiger partial charge in [0.2, 0.25) is 5.95 Å². The molecule has 220 valence electrons. The van der Waals surface area contributed by atoms with Crippen molar-refractivity contribution in [1.82, 2.24) is 14.9 Å². The van der Waals surface area contributed by atoms with E-state index in [1.807, 2.05) is 67.8 Å². The zero-order chi connectivity index (χ0) is 29.7. The van der Waals surface area contributed by atoms with Crippen LogP contribution < -0.4 is 4.90 Å². The van der Waals surface area contributed by atoms with Crippen LogP contribution in [0.15, 0.2) is 60.9 Å². The van der Waals surface area contributed by atoms with Crippen molar-refractivity contribution in [3.63, 3.8) is 0 Å². The lowest BCUT2D eigenvalue weighted by molar-refractivity contribution is -0.137. The molecule has 1 fully saturated rings. The van der Waals surface area contributed by atoms with Gasteiger partial charge >= 0.3 is 12.3 Å². The standard InChI is InChI=1S/C31H36ClF3N4O2/c1-5-26-15-27(16-28(13-22-9-7-6-8-10-22)39(26)30(40)41-20(2)3)38(29-36-17-21(4)18-37-29)19-23-11-24(31(33,34)35)14-25(32)12-23/h6-12,14,17-18,20,26-28H,5,13,15-16,19H2,1-4H3/t26-,27+,28+/m1/s1. The first-order valence-electron chi connectivity index (χ1n) is 13.9. The molecule has 1 amide bonds. The largest absolute Gasteiger partial charge is 0.447 e. The minimum atomic E-state index is -4.53. The van der Waals surface area contributed by atoms with Gasteiger partial charge in [0.1, 0.15) is 0 Å². The topological polar surface area (TPSA) is 58.6 Å². The van der Waals surface area contributed by atoms with Crippen LogP contribution in [-0.4, -0.2) is 45.2 Å². The summed E-state index contributed by atoms with van der Waals surface area (Å²) in [5.74, 6) is 0.417. The van der Waals surface area contributed by atoms with E-state index in [1.165, 1.54) is 0 Å². The number of ether oxygens (including phenoxy) is 1. The molecule has 1 aromatic heterocycles. The number of hydrogen-bond donors (Lipinski definition) is 0. The molecule has 0 bridgehead atoms. The molecule has 10 heteroatoms. The van der Waals surface area contributed by atoms with Crippen molar-refractivity contribution in [3.05, 3.63) is 88.2 Å². The third-order valence-corrected chi connectivity index (χ3v) is 7.53. The van der Waals surface area contributed by atoms with Gasteiger partial charge in [-0.1, -0.05) is 48.9 Å². The summed E-state index contributed by atoms with van der Waals surface area (Å²) < 4.78 is 46.5. The molecule has 2 aromatic carbocycles. The van der Waals surface area contributed by atoms with E-state index < -0.39 is 11.7 Å². The van der Waals surface area contributed by atoms with Gasteiger partial charge in [-0.25, -0.2) is 14.8 Å². The van der Waals surface area contributed by atoms with Crippen LogP contribution in [0.4, 0.5) is 23.9 Å². The fourth-order valence-electron chi connectivity index (χ4n) is 5.50. The molecule has 0 N–H and O–H groups in total. The van der Waals surface area contributed by atoms with E-state index in [4.69, 9.17) is 16.3 Å². The van der Waals surface area contributed by atoms with E-state index in [0.717, 1.165) is 23.3 Å². The lowest BCUT2D eigenvalue weighted by Gasteiger charge is -2.47. The number of aromatic nitrogens is 2. The zero-order valence-corrected chi connectivity index (χ0v) is 24.5. The molecule has 1 aliphatic heterocycles. The number of likely N-dealkylation sites (tertiary alicyclic amines) is 1. The highest BCUT2D eigenvalue weighted by molar-refractivity contribution is 6.30. The van der Waals surface area contributed by atoms with Crippen molar-refractivity contribution < 1.29 is 22.7 Å². The first-order valence-corrected chi connectivity index (χ1v) is 14.3. The number of hydrogen-bond acceptors (Lipinski definition) is 5. The van der Waals surface area contributed by atoms with Gasteiger partial charge in [-0.2, -0.15) is 13.2 Å². The molecule has 2 heterocycles. The predicted molar refractivity (Wildman–Crippen MR) is 154 cm³/mol. The van der Waals surface area contributed by atoms with Crippen LogP contribution in [0.1, 0.15) is 62.3 Å². The van der Waals surface area contributed by atoms with E-state index in [9.17, 15) is 18.0 Å². The number of benzene rings is 2. The van der Waals surface area contributed by atoms with Gasteiger partial charge in [-0.05, 0) is 81.3 Å². The summed E-state index contributed by atoms with van der Waals surface area (Å²) in [6, 6.07) is 13.0. The minimum absolute atomic E-state index is 0.0132. The van der Waals surface area contributed by atoms with E-state index in [1.54, 1.807) is 18.5 Å². The second-order valence-corrected chi connectivity index (χ2v) is 11.3. The summed E-state index contributed by atoms with van der Waals surface area (Å²) in [5, 5.41) is 0.0132. The van der Waals surface area contributed by atoms with Gasteiger partial charge in [-0.3, -0.25) is 0 Å². The van der Waals surface area contributed by atoms with E-state index in [0.29, 0.717) is 37.2 Å². The molecule has 6 nitrogen and oxygen atoms in total. The summed E-state index contributed by atoms with van der Waals surface area (Å²) in [6.45, 7) is 7.69. The average Bonchev–Trinajstić information content (AvgIpc) is 2.91. The fraction of sp³-hybridized carbons (Fsp3) is 0.452. The molecule has 0 radical (unpaired) electrons. The van der Waals surface area contributed by atoms with E-state index >= 15 is 0 Å². The zero-order valence-electron chi connectivity index (χ0n) is 23.7. The van der Waals surface area contributed by atoms with Gasteiger partial charge in [0.25, 0.3) is 0 Å². The first-order chi connectivity index (χ1) is 19.4. The Morgan fingerprint density at radius 3 is 2.34 bits per heavy atom. The van der Waals surface area contributed by atoms with Crippen LogP contribution in [0.3, 0.4) is 0 Å². The maximum absolute atomic E-state index is 13.6. The van der Waals surface area contributed by atoms with Gasteiger partial charge in [0, 0.05) is 42.1 Å². The summed E-state index contributed by atoms with van der Waals surface area (Å²) in [6.07, 6.45) is 0.686. The molecule has 1 saturated heterocycles. The number of rotatable bonds is 8. The second-order valence-electron chi connectivity index (χ2n) is 10.9. The number of carbonyl (C=O) groups excluding carboxylic acids is 1. The lowest BCUT2D eigenvalue weighted by atomic mass is 9.86. The molecule has 4 rings (SSSR count). The van der Waals surface area contributed by atoms with Crippen molar-refractivity contribution in [1.29, 1.82) is 0 Å². The molecule has 0 aliphatic carbocycles. The highest BCUT2D eigenvalue weighted by Crippen LogP contribution is 2.36. The fourth-order valence-corrected chi connectivity index (χ4v) is 5.75. The normalized spacial score (nSPS) is 19.3. The Kier molecular flexibility index (Phi) is 9.79. The Bertz CT molecular complexity index is 1300. The Balaban J connectivity index is 1.73. The third kappa shape index (κ3) is 7.91. The summed E-state index contributed by atoms with van der Waals surface area (Å²) in [4.78, 5) is 26.3. The van der Waals surface area contributed by atoms with Crippen LogP contribution in [-0.2, 0) is 23.9 Å². The van der Waals surface area contributed by atoms with Crippen LogP contribution in [0.25, 0.3) is 0 Å². The summed E-state index contributed by atoms with van der Waals surface area (Å²) in [7, 11) is 0. The highest BCUT2D eigenvalue weighted by Gasteiger charge is 2.41. The maximum atomic E-state index is 13.6. The Labute approximate surface area is 244 Å². The number of halogens is 4. The quantitative estimate of drug-likeness (QED) is 0.268. The van der Waals surface area contributed by atoms with E-state index in [2.05, 4.69) is 9.97 Å². The first kappa shape index (κ1) is 30.6. The minimum Gasteiger partial charge on any atom is -0.447 e. The molecule has 3 aromatic rings. The highest BCUT2D eigenvalue weighted by atomic mass is 35.5. The van der Waals surface area contributed by atoms with Crippen molar-refractivity contribution in [3.8, 4) is 0 Å². The number of piperidine rings is 1. The summed E-state index contributed by atoms with van der Waals surface area (Å²) in [5.41, 5.74) is 1.56. The molecule has 0 unspecified atom stereocenters. The molecular weight excluding hydrogens is 553 g/mol. The lowest BCUT2D eigenvalue weighted by Crippen LogP contribution is -2.58. The Hall–Kier alpha value is -3.33. The molecule has 41 heavy (non-hydrogen) atoms. The van der Waals surface area contributed by atoms with Crippen molar-refractivity contribution in [2.24, 2.45) is 0 Å². The van der Waals surface area contributed by atoms with Crippen LogP contribution >= 0.6 is 11.6 Å². The second kappa shape index (κ2) is 13.1. The summed E-state index contributed by atoms with van der Waals surface area (Å²) >= 11 is 6.14. The molecule has 3 atom stereocenters. The Morgan fingerprint density at radius 2 is 1.73 bits per heavy atom. The van der Waals surface area contributed by atoms with Crippen molar-refractivity contribution >= 4 is 23.6 Å². The number of carbonyl (C=O) groups is 1. The number of nitrogens with zero attached hydrogens (tertiary/aromatic N) is 4. The predicted octanol–water partition coefficient (Wildman–Crippen LogP) is 7.86. The molecule has 0 spiro atoms. The van der Waals surface area contributed by atoms with Gasteiger partial charge in [0.05, 0.1) is 11.7 Å². The van der Waals surface area contributed by atoms with Crippen molar-refractivity contribution in [2.75, 3.05) is 4.90 Å². The number of amides is 1. The van der Waals surface area contributed by atoms with Crippen LogP contribution in [0.5, 0.6) is 0 Å². The van der Waals surface area contributed by atoms with E-state index in [-0.39, 0.29) is 41.9 Å². The third-order valence-electron chi connectivity index (χ3n) is 7.31. The average molecular weight is 589 g/mol. The molecule has 0 saturated carbocycles. The van der Waals surface area contributed by atoms with Crippen LogP contribution in [0, 0.1) is 6.92 Å². The van der Waals surface area contributed by atoms with Gasteiger partial charge < -0.3 is 14.5 Å². The number of aryl methyl sites for hydroxylation is 1.